The van der Waals surface area contributed by atoms with E-state index in [1.165, 1.54) is 37.0 Å². The normalized spacial score (nSPS) is 25.6. The topological polar surface area (TPSA) is 61.1 Å². The van der Waals surface area contributed by atoms with Gasteiger partial charge in [0.2, 0.25) is 0 Å². The first-order chi connectivity index (χ1) is 12.2. The summed E-state index contributed by atoms with van der Waals surface area (Å²) in [6.45, 7) is 4.82. The van der Waals surface area contributed by atoms with Crippen LogP contribution in [0, 0.1) is 11.8 Å². The van der Waals surface area contributed by atoms with Crippen molar-refractivity contribution < 1.29 is 9.90 Å². The molecule has 2 aliphatic rings. The van der Waals surface area contributed by atoms with Gasteiger partial charge in [-0.1, -0.05) is 12.8 Å². The molecule has 2 aromatic rings. The quantitative estimate of drug-likeness (QED) is 0.903. The van der Waals surface area contributed by atoms with Gasteiger partial charge in [-0.05, 0) is 31.8 Å². The number of hydrogen-bond donors (Lipinski definition) is 1. The second-order valence-electron chi connectivity index (χ2n) is 7.35. The average Bonchev–Trinajstić information content (AvgIpc) is 3.26. The van der Waals surface area contributed by atoms with Crippen molar-refractivity contribution in [3.05, 3.63) is 23.5 Å². The largest absolute Gasteiger partial charge is 0.396 e. The molecule has 7 heteroatoms. The molecule has 2 aromatic heterocycles. The summed E-state index contributed by atoms with van der Waals surface area (Å²) in [5, 5.41) is 11.8. The summed E-state index contributed by atoms with van der Waals surface area (Å²) in [7, 11) is 0. The maximum absolute atomic E-state index is 12.8. The number of aromatic nitrogens is 2. The fraction of sp³-hybridized carbons (Fsp3) is 0.667. The third-order valence-electron chi connectivity index (χ3n) is 5.60. The van der Waals surface area contributed by atoms with Crippen LogP contribution in [0.2, 0.25) is 0 Å². The van der Waals surface area contributed by atoms with Crippen LogP contribution >= 0.6 is 11.3 Å². The second-order valence-corrected chi connectivity index (χ2v) is 8.22. The fourth-order valence-electron chi connectivity index (χ4n) is 4.16. The van der Waals surface area contributed by atoms with E-state index in [1.54, 1.807) is 0 Å². The minimum Gasteiger partial charge on any atom is -0.396 e. The van der Waals surface area contributed by atoms with Crippen LogP contribution in [0.1, 0.15) is 36.2 Å². The molecule has 1 amide bonds. The van der Waals surface area contributed by atoms with Gasteiger partial charge in [0.05, 0.1) is 0 Å². The van der Waals surface area contributed by atoms with E-state index < -0.39 is 0 Å². The van der Waals surface area contributed by atoms with Gasteiger partial charge in [0.1, 0.15) is 5.69 Å². The van der Waals surface area contributed by atoms with E-state index in [2.05, 4.69) is 9.88 Å². The monoisotopic (exact) mass is 362 g/mol. The molecule has 2 saturated heterocycles. The summed E-state index contributed by atoms with van der Waals surface area (Å²) in [5.41, 5.74) is 0.513. The molecule has 0 spiro atoms. The van der Waals surface area contributed by atoms with E-state index in [9.17, 15) is 9.90 Å². The lowest BCUT2D eigenvalue weighted by Crippen LogP contribution is -2.35. The van der Waals surface area contributed by atoms with Crippen molar-refractivity contribution in [2.45, 2.75) is 25.7 Å². The van der Waals surface area contributed by atoms with Gasteiger partial charge in [0, 0.05) is 49.9 Å². The second kappa shape index (κ2) is 7.43. The summed E-state index contributed by atoms with van der Waals surface area (Å²) in [5.74, 6) is 0.527. The maximum Gasteiger partial charge on any atom is 0.274 e. The minimum absolute atomic E-state index is 0.00674. The highest BCUT2D eigenvalue weighted by Crippen LogP contribution is 2.26. The third kappa shape index (κ3) is 3.59. The third-order valence-corrected chi connectivity index (χ3v) is 6.37. The van der Waals surface area contributed by atoms with E-state index in [1.807, 2.05) is 27.1 Å². The maximum atomic E-state index is 12.8. The Morgan fingerprint density at radius 3 is 2.68 bits per heavy atom. The SMILES string of the molecule is O=C(c1cn2ccsc2n1)N1C[C@@H](CO)[C@@H](CN2CCCCCC2)C1. The highest BCUT2D eigenvalue weighted by atomic mass is 32.1. The van der Waals surface area contributed by atoms with Crippen LogP contribution < -0.4 is 0 Å². The van der Waals surface area contributed by atoms with Crippen molar-refractivity contribution in [2.24, 2.45) is 11.8 Å². The Hall–Kier alpha value is -1.44. The molecular formula is C18H26N4O2S. The lowest BCUT2D eigenvalue weighted by Gasteiger charge is -2.26. The van der Waals surface area contributed by atoms with Gasteiger partial charge in [-0.3, -0.25) is 9.20 Å². The van der Waals surface area contributed by atoms with Crippen LogP contribution in [-0.4, -0.2) is 69.5 Å². The molecule has 0 unspecified atom stereocenters. The molecule has 25 heavy (non-hydrogen) atoms. The number of carbonyl (C=O) groups is 1. The molecule has 2 atom stereocenters. The van der Waals surface area contributed by atoms with Crippen LogP contribution in [0.15, 0.2) is 17.8 Å². The predicted molar refractivity (Wildman–Crippen MR) is 97.9 cm³/mol. The predicted octanol–water partition coefficient (Wildman–Crippen LogP) is 1.95. The van der Waals surface area contributed by atoms with Gasteiger partial charge in [0.15, 0.2) is 4.96 Å². The molecular weight excluding hydrogens is 336 g/mol. The Morgan fingerprint density at radius 1 is 1.20 bits per heavy atom. The van der Waals surface area contributed by atoms with E-state index in [-0.39, 0.29) is 18.4 Å². The number of likely N-dealkylation sites (tertiary alicyclic amines) is 2. The molecule has 0 bridgehead atoms. The first-order valence-electron chi connectivity index (χ1n) is 9.29. The lowest BCUT2D eigenvalue weighted by molar-refractivity contribution is 0.0774. The Labute approximate surface area is 152 Å². The van der Waals surface area contributed by atoms with Crippen molar-refractivity contribution in [2.75, 3.05) is 39.3 Å². The van der Waals surface area contributed by atoms with Crippen LogP contribution in [0.5, 0.6) is 0 Å². The molecule has 4 heterocycles. The molecule has 0 aromatic carbocycles. The van der Waals surface area contributed by atoms with Crippen molar-refractivity contribution in [1.82, 2.24) is 19.2 Å². The van der Waals surface area contributed by atoms with Gasteiger partial charge < -0.3 is 14.9 Å². The number of rotatable bonds is 4. The zero-order valence-corrected chi connectivity index (χ0v) is 15.3. The molecule has 1 N–H and O–H groups in total. The summed E-state index contributed by atoms with van der Waals surface area (Å²) >= 11 is 1.53. The number of fused-ring (bicyclic) bond motifs is 1. The molecule has 0 aliphatic carbocycles. The lowest BCUT2D eigenvalue weighted by atomic mass is 9.96. The van der Waals surface area contributed by atoms with Crippen LogP contribution in [0.25, 0.3) is 4.96 Å². The average molecular weight is 362 g/mol. The number of aliphatic hydroxyl groups excluding tert-OH is 1. The molecule has 136 valence electrons. The number of imidazole rings is 1. The van der Waals surface area contributed by atoms with Crippen molar-refractivity contribution in [3.63, 3.8) is 0 Å². The van der Waals surface area contributed by atoms with Crippen LogP contribution in [0.4, 0.5) is 0 Å². The summed E-state index contributed by atoms with van der Waals surface area (Å²) < 4.78 is 1.90. The highest BCUT2D eigenvalue weighted by Gasteiger charge is 2.36. The van der Waals surface area contributed by atoms with E-state index in [4.69, 9.17) is 0 Å². The fourth-order valence-corrected chi connectivity index (χ4v) is 4.86. The zero-order chi connectivity index (χ0) is 17.2. The van der Waals surface area contributed by atoms with Crippen molar-refractivity contribution >= 4 is 22.2 Å². The molecule has 6 nitrogen and oxygen atoms in total. The Bertz CT molecular complexity index is 691. The van der Waals surface area contributed by atoms with Crippen molar-refractivity contribution in [1.29, 1.82) is 0 Å². The van der Waals surface area contributed by atoms with Crippen molar-refractivity contribution in [3.8, 4) is 0 Å². The number of aliphatic hydroxyl groups is 1. The Morgan fingerprint density at radius 2 is 1.96 bits per heavy atom. The Balaban J connectivity index is 1.42. The molecule has 0 radical (unpaired) electrons. The zero-order valence-electron chi connectivity index (χ0n) is 14.5. The van der Waals surface area contributed by atoms with Crippen LogP contribution in [-0.2, 0) is 0 Å². The molecule has 4 rings (SSSR count). The molecule has 0 saturated carbocycles. The molecule has 2 aliphatic heterocycles. The van der Waals surface area contributed by atoms with Gasteiger partial charge >= 0.3 is 0 Å². The van der Waals surface area contributed by atoms with Gasteiger partial charge in [-0.25, -0.2) is 4.98 Å². The van der Waals surface area contributed by atoms with Crippen LogP contribution in [0.3, 0.4) is 0 Å². The van der Waals surface area contributed by atoms with Gasteiger partial charge in [0.25, 0.3) is 5.91 Å². The standard InChI is InChI=1S/C18H26N4O2S/c23-13-15-11-22(10-14(15)9-20-5-3-1-2-4-6-20)17(24)16-12-21-7-8-25-18(21)19-16/h7-8,12,14-15,23H,1-6,9-11,13H2/t14-,15-/m0/s1. The number of amides is 1. The minimum atomic E-state index is -0.00674. The van der Waals surface area contributed by atoms with Gasteiger partial charge in [-0.15, -0.1) is 11.3 Å². The van der Waals surface area contributed by atoms with E-state index >= 15 is 0 Å². The number of thiazole rings is 1. The van der Waals surface area contributed by atoms with Gasteiger partial charge in [-0.2, -0.15) is 0 Å². The smallest absolute Gasteiger partial charge is 0.274 e. The van der Waals surface area contributed by atoms with E-state index in [0.717, 1.165) is 31.1 Å². The number of carbonyl (C=O) groups excluding carboxylic acids is 1. The summed E-state index contributed by atoms with van der Waals surface area (Å²) in [6, 6.07) is 0. The number of nitrogens with zero attached hydrogens (tertiary/aromatic N) is 4. The van der Waals surface area contributed by atoms with E-state index in [0.29, 0.717) is 18.2 Å². The molecule has 2 fully saturated rings. The number of hydrogen-bond acceptors (Lipinski definition) is 5. The summed E-state index contributed by atoms with van der Waals surface area (Å²) in [4.78, 5) is 22.5. The first kappa shape index (κ1) is 17.0. The summed E-state index contributed by atoms with van der Waals surface area (Å²) in [6.07, 6.45) is 8.92. The Kier molecular flexibility index (Phi) is 5.05. The highest BCUT2D eigenvalue weighted by molar-refractivity contribution is 7.15. The first-order valence-corrected chi connectivity index (χ1v) is 10.2.